The predicted molar refractivity (Wildman–Crippen MR) is 93.1 cm³/mol. The summed E-state index contributed by atoms with van der Waals surface area (Å²) in [5, 5.41) is 3.09. The number of hydrogen-bond acceptors (Lipinski definition) is 3. The van der Waals surface area contributed by atoms with Crippen LogP contribution in [0.25, 0.3) is 21.2 Å². The number of hydrogen-bond donors (Lipinski definition) is 1. The molecule has 0 aliphatic carbocycles. The number of thiophene rings is 1. The number of carbonyl (C=O) groups is 1. The van der Waals surface area contributed by atoms with E-state index in [1.165, 1.54) is 12.1 Å². The summed E-state index contributed by atoms with van der Waals surface area (Å²) in [6, 6.07) is 12.4. The molecule has 0 saturated carbocycles. The molecule has 118 valence electrons. The molecule has 0 aliphatic heterocycles. The molecule has 3 rings (SSSR count). The van der Waals surface area contributed by atoms with Gasteiger partial charge in [-0.15, -0.1) is 11.3 Å². The van der Waals surface area contributed by atoms with Gasteiger partial charge in [0, 0.05) is 21.2 Å². The van der Waals surface area contributed by atoms with Gasteiger partial charge in [0.1, 0.15) is 11.6 Å². The first kappa shape index (κ1) is 16.0. The summed E-state index contributed by atoms with van der Waals surface area (Å²) in [6.45, 7) is 0. The van der Waals surface area contributed by atoms with Gasteiger partial charge in [0.05, 0.1) is 0 Å². The molecule has 0 saturated heterocycles. The fourth-order valence-electron chi connectivity index (χ4n) is 2.51. The summed E-state index contributed by atoms with van der Waals surface area (Å²) in [5.74, 6) is -1.14. The van der Waals surface area contributed by atoms with Crippen molar-refractivity contribution in [1.29, 1.82) is 0 Å². The van der Waals surface area contributed by atoms with Crippen molar-refractivity contribution >= 4 is 38.5 Å². The van der Waals surface area contributed by atoms with E-state index in [9.17, 15) is 13.7 Å². The number of benzene rings is 2. The molecule has 1 heterocycles. The minimum atomic E-state index is -1.45. The lowest BCUT2D eigenvalue weighted by molar-refractivity contribution is -0.115. The standard InChI is InChI=1S/C17H14FNO2S2/c18-12-5-6-13(11(7-12)9-23(21)10-17(19)20)15-8-22-16-4-2-1-3-14(15)16/h1-8H,9-10H2,(H2,19,20). The van der Waals surface area contributed by atoms with E-state index in [1.807, 2.05) is 29.6 Å². The summed E-state index contributed by atoms with van der Waals surface area (Å²) >= 11 is 0.155. The molecule has 0 spiro atoms. The van der Waals surface area contributed by atoms with Crippen molar-refractivity contribution in [3.8, 4) is 11.1 Å². The Balaban J connectivity index is 2.04. The van der Waals surface area contributed by atoms with Crippen LogP contribution in [0.5, 0.6) is 0 Å². The van der Waals surface area contributed by atoms with Crippen LogP contribution in [0.4, 0.5) is 4.39 Å². The normalized spacial score (nSPS) is 12.4. The van der Waals surface area contributed by atoms with E-state index in [0.29, 0.717) is 5.56 Å². The maximum atomic E-state index is 13.6. The second kappa shape index (κ2) is 6.70. The molecule has 1 atom stereocenters. The summed E-state index contributed by atoms with van der Waals surface area (Å²) in [4.78, 5) is 10.9. The topological polar surface area (TPSA) is 66.2 Å². The Kier molecular flexibility index (Phi) is 4.66. The largest absolute Gasteiger partial charge is 0.616 e. The Morgan fingerprint density at radius 2 is 2.00 bits per heavy atom. The van der Waals surface area contributed by atoms with Gasteiger partial charge in [0.25, 0.3) is 5.91 Å². The quantitative estimate of drug-likeness (QED) is 0.719. The molecule has 2 N–H and O–H groups in total. The van der Waals surface area contributed by atoms with Crippen LogP contribution in [0.2, 0.25) is 0 Å². The average molecular weight is 347 g/mol. The van der Waals surface area contributed by atoms with Crippen LogP contribution in [0, 0.1) is 5.82 Å². The maximum absolute atomic E-state index is 13.6. The lowest BCUT2D eigenvalue weighted by Gasteiger charge is -2.13. The number of primary amides is 1. The number of amides is 1. The van der Waals surface area contributed by atoms with E-state index < -0.39 is 17.1 Å². The first-order chi connectivity index (χ1) is 11.0. The zero-order valence-corrected chi connectivity index (χ0v) is 13.8. The molecule has 23 heavy (non-hydrogen) atoms. The SMILES string of the molecule is NC(=O)C[S+]([O-])Cc1cc(F)ccc1-c1csc2ccccc12. The van der Waals surface area contributed by atoms with Gasteiger partial charge in [-0.1, -0.05) is 24.3 Å². The minimum absolute atomic E-state index is 0.0974. The second-order valence-electron chi connectivity index (χ2n) is 5.14. The summed E-state index contributed by atoms with van der Waals surface area (Å²) < 4.78 is 26.8. The highest BCUT2D eigenvalue weighted by atomic mass is 32.2. The molecule has 1 amide bonds. The van der Waals surface area contributed by atoms with E-state index in [2.05, 4.69) is 0 Å². The van der Waals surface area contributed by atoms with Gasteiger partial charge in [-0.3, -0.25) is 4.79 Å². The highest BCUT2D eigenvalue weighted by molar-refractivity contribution is 7.91. The molecule has 3 aromatic rings. The van der Waals surface area contributed by atoms with Crippen LogP contribution >= 0.6 is 11.3 Å². The lowest BCUT2D eigenvalue weighted by atomic mass is 10.00. The molecule has 3 nitrogen and oxygen atoms in total. The van der Waals surface area contributed by atoms with E-state index in [0.717, 1.165) is 21.2 Å². The van der Waals surface area contributed by atoms with Gasteiger partial charge in [0.2, 0.25) is 0 Å². The molecule has 0 radical (unpaired) electrons. The van der Waals surface area contributed by atoms with Gasteiger partial charge in [-0.25, -0.2) is 4.39 Å². The molecular formula is C17H14FNO2S2. The average Bonchev–Trinajstić information content (AvgIpc) is 2.90. The third-order valence-corrected chi connectivity index (χ3v) is 5.66. The van der Waals surface area contributed by atoms with Gasteiger partial charge in [-0.05, 0) is 40.3 Å². The first-order valence-corrected chi connectivity index (χ1v) is 9.29. The number of carbonyl (C=O) groups excluding carboxylic acids is 1. The number of fused-ring (bicyclic) bond motifs is 1. The fourth-order valence-corrected chi connectivity index (χ4v) is 4.48. The third-order valence-electron chi connectivity index (χ3n) is 3.46. The van der Waals surface area contributed by atoms with E-state index in [-0.39, 0.29) is 17.3 Å². The Labute approximate surface area is 140 Å². The molecule has 2 aromatic carbocycles. The van der Waals surface area contributed by atoms with Crippen LogP contribution in [-0.4, -0.2) is 16.2 Å². The van der Waals surface area contributed by atoms with Crippen LogP contribution in [-0.2, 0) is 21.7 Å². The van der Waals surface area contributed by atoms with E-state index in [4.69, 9.17) is 5.73 Å². The third kappa shape index (κ3) is 3.55. The van der Waals surface area contributed by atoms with Crippen molar-refractivity contribution in [3.63, 3.8) is 0 Å². The molecule has 0 fully saturated rings. The molecule has 1 aromatic heterocycles. The number of halogens is 1. The van der Waals surface area contributed by atoms with Gasteiger partial charge in [-0.2, -0.15) is 0 Å². The Hall–Kier alpha value is -1.89. The van der Waals surface area contributed by atoms with Gasteiger partial charge in [0.15, 0.2) is 5.75 Å². The molecule has 1 unspecified atom stereocenters. The smallest absolute Gasteiger partial charge is 0.267 e. The first-order valence-electron chi connectivity index (χ1n) is 6.93. The van der Waals surface area contributed by atoms with Crippen LogP contribution < -0.4 is 5.73 Å². The minimum Gasteiger partial charge on any atom is -0.616 e. The van der Waals surface area contributed by atoms with Crippen molar-refractivity contribution in [3.05, 3.63) is 59.2 Å². The molecule has 0 bridgehead atoms. The Morgan fingerprint density at radius 3 is 2.78 bits per heavy atom. The molecular weight excluding hydrogens is 333 g/mol. The van der Waals surface area contributed by atoms with Crippen molar-refractivity contribution in [2.45, 2.75) is 5.75 Å². The molecule has 0 aliphatic rings. The summed E-state index contributed by atoms with van der Waals surface area (Å²) in [5.41, 5.74) is 7.52. The Morgan fingerprint density at radius 1 is 1.22 bits per heavy atom. The van der Waals surface area contributed by atoms with Crippen molar-refractivity contribution in [1.82, 2.24) is 0 Å². The maximum Gasteiger partial charge on any atom is 0.267 e. The highest BCUT2D eigenvalue weighted by Crippen LogP contribution is 2.36. The lowest BCUT2D eigenvalue weighted by Crippen LogP contribution is -2.24. The van der Waals surface area contributed by atoms with E-state index in [1.54, 1.807) is 17.4 Å². The van der Waals surface area contributed by atoms with Crippen LogP contribution in [0.3, 0.4) is 0 Å². The van der Waals surface area contributed by atoms with E-state index >= 15 is 0 Å². The summed E-state index contributed by atoms with van der Waals surface area (Å²) in [7, 11) is 0. The number of rotatable bonds is 5. The number of nitrogens with two attached hydrogens (primary N) is 1. The zero-order chi connectivity index (χ0) is 16.4. The van der Waals surface area contributed by atoms with Crippen molar-refractivity contribution in [2.24, 2.45) is 5.73 Å². The van der Waals surface area contributed by atoms with Crippen molar-refractivity contribution < 1.29 is 13.7 Å². The predicted octanol–water partition coefficient (Wildman–Crippen LogP) is 3.44. The van der Waals surface area contributed by atoms with Crippen LogP contribution in [0.1, 0.15) is 5.56 Å². The summed E-state index contributed by atoms with van der Waals surface area (Å²) in [6.07, 6.45) is 0. The van der Waals surface area contributed by atoms with Gasteiger partial charge < -0.3 is 10.3 Å². The Bertz CT molecular complexity index is 863. The van der Waals surface area contributed by atoms with Crippen LogP contribution in [0.15, 0.2) is 47.8 Å². The molecule has 6 heteroatoms. The second-order valence-corrected chi connectivity index (χ2v) is 7.51. The fraction of sp³-hybridized carbons (Fsp3) is 0.118. The zero-order valence-electron chi connectivity index (χ0n) is 12.1. The highest BCUT2D eigenvalue weighted by Gasteiger charge is 2.17. The monoisotopic (exact) mass is 347 g/mol. The van der Waals surface area contributed by atoms with Gasteiger partial charge >= 0.3 is 0 Å². The van der Waals surface area contributed by atoms with Crippen molar-refractivity contribution in [2.75, 3.05) is 5.75 Å².